The lowest BCUT2D eigenvalue weighted by Gasteiger charge is -2.05. The summed E-state index contributed by atoms with van der Waals surface area (Å²) in [4.78, 5) is 3.95. The average molecular weight is 281 g/mol. The number of nitrogens with zero attached hydrogens (tertiary/aromatic N) is 1. The fourth-order valence-corrected chi connectivity index (χ4v) is 2.45. The van der Waals surface area contributed by atoms with Gasteiger partial charge in [0.1, 0.15) is 5.76 Å². The Kier molecular flexibility index (Phi) is 4.31. The maximum Gasteiger partial charge on any atom is 0.258 e. The molecular weight excluding hydrogens is 266 g/mol. The lowest BCUT2D eigenvalue weighted by molar-refractivity contribution is 0.498. The van der Waals surface area contributed by atoms with E-state index in [1.807, 2.05) is 7.05 Å². The maximum atomic E-state index is 12.0. The summed E-state index contributed by atoms with van der Waals surface area (Å²) >= 11 is 0. The smallest absolute Gasteiger partial charge is 0.258 e. The first-order valence-corrected chi connectivity index (χ1v) is 7.22. The number of aromatic nitrogens is 1. The predicted octanol–water partition coefficient (Wildman–Crippen LogP) is 0.872. The van der Waals surface area contributed by atoms with Crippen LogP contribution in [0.4, 0.5) is 0 Å². The summed E-state index contributed by atoms with van der Waals surface area (Å²) in [5.74, 6) is 0.551. The monoisotopic (exact) mass is 281 g/mol. The Morgan fingerprint density at radius 2 is 2.11 bits per heavy atom. The molecule has 0 aliphatic rings. The Morgan fingerprint density at radius 3 is 2.68 bits per heavy atom. The van der Waals surface area contributed by atoms with Gasteiger partial charge in [-0.3, -0.25) is 0 Å². The highest BCUT2D eigenvalue weighted by Crippen LogP contribution is 2.08. The van der Waals surface area contributed by atoms with Gasteiger partial charge >= 0.3 is 0 Å². The minimum atomic E-state index is -3.61. The lowest BCUT2D eigenvalue weighted by atomic mass is 10.3. The quantitative estimate of drug-likeness (QED) is 0.821. The molecule has 0 atom stereocenters. The molecule has 0 radical (unpaired) electrons. The Bertz CT molecular complexity index is 606. The molecule has 0 unspecified atom stereocenters. The van der Waals surface area contributed by atoms with E-state index in [1.54, 1.807) is 18.2 Å². The van der Waals surface area contributed by atoms with Crippen LogP contribution in [-0.2, 0) is 23.1 Å². The second-order valence-electron chi connectivity index (χ2n) is 3.94. The van der Waals surface area contributed by atoms with E-state index in [2.05, 4.69) is 15.0 Å². The molecule has 0 bridgehead atoms. The fourth-order valence-electron chi connectivity index (χ4n) is 1.53. The van der Waals surface area contributed by atoms with Gasteiger partial charge in [-0.1, -0.05) is 6.07 Å². The first-order valence-electron chi connectivity index (χ1n) is 5.73. The Labute approximate surface area is 111 Å². The van der Waals surface area contributed by atoms with Gasteiger partial charge in [0.15, 0.2) is 5.03 Å². The lowest BCUT2D eigenvalue weighted by Crippen LogP contribution is -2.24. The number of hydrogen-bond acceptors (Lipinski definition) is 5. The van der Waals surface area contributed by atoms with Crippen molar-refractivity contribution < 1.29 is 12.8 Å². The third-order valence-electron chi connectivity index (χ3n) is 2.47. The molecule has 2 aromatic heterocycles. The molecule has 0 aliphatic heterocycles. The van der Waals surface area contributed by atoms with Crippen LogP contribution < -0.4 is 10.0 Å². The third-order valence-corrected chi connectivity index (χ3v) is 3.79. The molecule has 0 saturated carbocycles. The second kappa shape index (κ2) is 5.96. The van der Waals surface area contributed by atoms with Crippen molar-refractivity contribution in [1.29, 1.82) is 0 Å². The van der Waals surface area contributed by atoms with Crippen LogP contribution >= 0.6 is 0 Å². The SMILES string of the molecule is CNCc1ccc(S(=O)(=O)NCc2ccco2)nc1. The molecule has 2 heterocycles. The highest BCUT2D eigenvalue weighted by Gasteiger charge is 2.15. The van der Waals surface area contributed by atoms with Gasteiger partial charge in [-0.05, 0) is 30.8 Å². The zero-order valence-corrected chi connectivity index (χ0v) is 11.3. The van der Waals surface area contributed by atoms with E-state index in [-0.39, 0.29) is 11.6 Å². The van der Waals surface area contributed by atoms with Crippen LogP contribution in [0, 0.1) is 0 Å². The van der Waals surface area contributed by atoms with Crippen LogP contribution in [0.15, 0.2) is 46.2 Å². The summed E-state index contributed by atoms with van der Waals surface area (Å²) in [5.41, 5.74) is 0.924. The highest BCUT2D eigenvalue weighted by molar-refractivity contribution is 7.89. The number of hydrogen-bond donors (Lipinski definition) is 2. The van der Waals surface area contributed by atoms with E-state index in [1.165, 1.54) is 18.5 Å². The summed E-state index contributed by atoms with van der Waals surface area (Å²) in [7, 11) is -1.79. The minimum absolute atomic E-state index is 0.00101. The molecule has 0 amide bonds. The van der Waals surface area contributed by atoms with Crippen molar-refractivity contribution in [2.24, 2.45) is 0 Å². The predicted molar refractivity (Wildman–Crippen MR) is 69.7 cm³/mol. The largest absolute Gasteiger partial charge is 0.468 e. The summed E-state index contributed by atoms with van der Waals surface area (Å²) in [6.07, 6.45) is 3.03. The standard InChI is InChI=1S/C12H15N3O3S/c1-13-7-10-4-5-12(14-8-10)19(16,17)15-9-11-3-2-6-18-11/h2-6,8,13,15H,7,9H2,1H3. The molecule has 2 aromatic rings. The molecule has 2 rings (SSSR count). The van der Waals surface area contributed by atoms with Gasteiger partial charge in [-0.15, -0.1) is 0 Å². The van der Waals surface area contributed by atoms with Gasteiger partial charge < -0.3 is 9.73 Å². The van der Waals surface area contributed by atoms with E-state index in [0.717, 1.165) is 5.56 Å². The Balaban J connectivity index is 2.06. The maximum absolute atomic E-state index is 12.0. The molecule has 6 nitrogen and oxygen atoms in total. The van der Waals surface area contributed by atoms with E-state index >= 15 is 0 Å². The molecule has 102 valence electrons. The molecule has 0 fully saturated rings. The van der Waals surface area contributed by atoms with Crippen molar-refractivity contribution in [3.05, 3.63) is 48.0 Å². The number of pyridine rings is 1. The van der Waals surface area contributed by atoms with Crippen molar-refractivity contribution in [2.75, 3.05) is 7.05 Å². The topological polar surface area (TPSA) is 84.2 Å². The van der Waals surface area contributed by atoms with E-state index in [9.17, 15) is 8.42 Å². The van der Waals surface area contributed by atoms with Gasteiger partial charge in [0.05, 0.1) is 12.8 Å². The summed E-state index contributed by atoms with van der Waals surface area (Å²) < 4.78 is 31.4. The summed E-state index contributed by atoms with van der Waals surface area (Å²) in [5, 5.41) is 2.97. The van der Waals surface area contributed by atoms with E-state index in [4.69, 9.17) is 4.42 Å². The highest BCUT2D eigenvalue weighted by atomic mass is 32.2. The zero-order chi connectivity index (χ0) is 13.7. The fraction of sp³-hybridized carbons (Fsp3) is 0.250. The zero-order valence-electron chi connectivity index (χ0n) is 10.5. The number of nitrogens with one attached hydrogen (secondary N) is 2. The number of rotatable bonds is 6. The van der Waals surface area contributed by atoms with E-state index < -0.39 is 10.0 Å². The summed E-state index contributed by atoms with van der Waals surface area (Å²) in [6, 6.07) is 6.61. The van der Waals surface area contributed by atoms with Crippen LogP contribution in [-0.4, -0.2) is 20.4 Å². The van der Waals surface area contributed by atoms with Crippen molar-refractivity contribution in [1.82, 2.24) is 15.0 Å². The van der Waals surface area contributed by atoms with Crippen LogP contribution in [0.3, 0.4) is 0 Å². The van der Waals surface area contributed by atoms with Crippen LogP contribution in [0.5, 0.6) is 0 Å². The van der Waals surface area contributed by atoms with E-state index in [0.29, 0.717) is 12.3 Å². The molecule has 0 spiro atoms. The van der Waals surface area contributed by atoms with Crippen molar-refractivity contribution >= 4 is 10.0 Å². The normalized spacial score (nSPS) is 11.6. The second-order valence-corrected chi connectivity index (χ2v) is 5.65. The first-order chi connectivity index (χ1) is 9.12. The molecule has 0 aliphatic carbocycles. The van der Waals surface area contributed by atoms with Gasteiger partial charge in [0.2, 0.25) is 0 Å². The number of furan rings is 1. The molecule has 19 heavy (non-hydrogen) atoms. The van der Waals surface area contributed by atoms with Gasteiger partial charge in [0.25, 0.3) is 10.0 Å². The molecule has 0 saturated heterocycles. The number of sulfonamides is 1. The van der Waals surface area contributed by atoms with Crippen LogP contribution in [0.1, 0.15) is 11.3 Å². The van der Waals surface area contributed by atoms with Crippen LogP contribution in [0.2, 0.25) is 0 Å². The molecule has 7 heteroatoms. The van der Waals surface area contributed by atoms with Crippen LogP contribution in [0.25, 0.3) is 0 Å². The first kappa shape index (κ1) is 13.7. The molecular formula is C12H15N3O3S. The van der Waals surface area contributed by atoms with Crippen molar-refractivity contribution in [2.45, 2.75) is 18.1 Å². The molecule has 2 N–H and O–H groups in total. The minimum Gasteiger partial charge on any atom is -0.468 e. The Hall–Kier alpha value is -1.70. The third kappa shape index (κ3) is 3.63. The average Bonchev–Trinajstić information content (AvgIpc) is 2.91. The molecule has 0 aromatic carbocycles. The van der Waals surface area contributed by atoms with Gasteiger partial charge in [-0.2, -0.15) is 0 Å². The van der Waals surface area contributed by atoms with Crippen molar-refractivity contribution in [3.8, 4) is 0 Å². The van der Waals surface area contributed by atoms with Gasteiger partial charge in [0, 0.05) is 12.7 Å². The summed E-state index contributed by atoms with van der Waals surface area (Å²) in [6.45, 7) is 0.752. The van der Waals surface area contributed by atoms with Crippen molar-refractivity contribution in [3.63, 3.8) is 0 Å². The Morgan fingerprint density at radius 1 is 1.26 bits per heavy atom. The van der Waals surface area contributed by atoms with Gasteiger partial charge in [-0.25, -0.2) is 18.1 Å².